The van der Waals surface area contributed by atoms with E-state index < -0.39 is 0 Å². The van der Waals surface area contributed by atoms with Crippen LogP contribution < -0.4 is 0 Å². The van der Waals surface area contributed by atoms with Gasteiger partial charge in [-0.15, -0.1) is 0 Å². The molecule has 3 rings (SSSR count). The highest BCUT2D eigenvalue weighted by Gasteiger charge is 2.61. The average Bonchev–Trinajstić information content (AvgIpc) is 3.24. The Morgan fingerprint density at radius 2 is 1.74 bits per heavy atom. The number of ether oxygens (including phenoxy) is 2. The van der Waals surface area contributed by atoms with E-state index >= 15 is 0 Å². The molecule has 0 spiro atoms. The number of hydrogen-bond donors (Lipinski definition) is 1. The first-order chi connectivity index (χ1) is 11.2. The van der Waals surface area contributed by atoms with E-state index in [1.165, 1.54) is 25.7 Å². The quantitative estimate of drug-likeness (QED) is 0.551. The van der Waals surface area contributed by atoms with Gasteiger partial charge in [-0.05, 0) is 54.8 Å². The van der Waals surface area contributed by atoms with E-state index in [0.717, 1.165) is 36.0 Å². The highest BCUT2D eigenvalue weighted by molar-refractivity contribution is 5.73. The standard InChI is InChI=1S/C19H32O4/c1-3-12-9-13(4-2)18-15-10-14(17(12)18)11-16(15)19(21)23-8-7-22-6-5-20/h12-18,20H,3-11H2,1-2H3. The Balaban J connectivity index is 1.55. The van der Waals surface area contributed by atoms with Crippen molar-refractivity contribution in [3.05, 3.63) is 0 Å². The second kappa shape index (κ2) is 7.52. The van der Waals surface area contributed by atoms with Crippen LogP contribution in [0.1, 0.15) is 46.0 Å². The van der Waals surface area contributed by atoms with Crippen molar-refractivity contribution in [1.82, 2.24) is 0 Å². The van der Waals surface area contributed by atoms with Crippen LogP contribution in [-0.2, 0) is 14.3 Å². The first-order valence-corrected chi connectivity index (χ1v) is 9.56. The van der Waals surface area contributed by atoms with Crippen LogP contribution in [0.5, 0.6) is 0 Å². The van der Waals surface area contributed by atoms with Crippen molar-refractivity contribution in [2.45, 2.75) is 46.0 Å². The highest BCUT2D eigenvalue weighted by atomic mass is 16.6. The van der Waals surface area contributed by atoms with Gasteiger partial charge >= 0.3 is 5.97 Å². The zero-order valence-electron chi connectivity index (χ0n) is 14.6. The highest BCUT2D eigenvalue weighted by Crippen LogP contribution is 2.65. The van der Waals surface area contributed by atoms with Crippen LogP contribution in [-0.4, -0.2) is 37.5 Å². The van der Waals surface area contributed by atoms with Gasteiger partial charge in [0, 0.05) is 0 Å². The molecule has 3 saturated carbocycles. The second-order valence-corrected chi connectivity index (χ2v) is 7.73. The summed E-state index contributed by atoms with van der Waals surface area (Å²) >= 11 is 0. The van der Waals surface area contributed by atoms with Crippen LogP contribution >= 0.6 is 0 Å². The Kier molecular flexibility index (Phi) is 5.63. The first kappa shape index (κ1) is 17.2. The number of aliphatic hydroxyl groups excluding tert-OH is 1. The molecule has 4 nitrogen and oxygen atoms in total. The fraction of sp³-hybridized carbons (Fsp3) is 0.947. The van der Waals surface area contributed by atoms with Crippen molar-refractivity contribution in [2.24, 2.45) is 41.4 Å². The lowest BCUT2D eigenvalue weighted by Crippen LogP contribution is -2.35. The van der Waals surface area contributed by atoms with Gasteiger partial charge in [0.1, 0.15) is 6.61 Å². The van der Waals surface area contributed by atoms with Gasteiger partial charge < -0.3 is 14.6 Å². The van der Waals surface area contributed by atoms with E-state index in [1.807, 2.05) is 0 Å². The summed E-state index contributed by atoms with van der Waals surface area (Å²) in [6, 6.07) is 0. The Morgan fingerprint density at radius 3 is 2.43 bits per heavy atom. The molecule has 7 unspecified atom stereocenters. The molecule has 0 heterocycles. The van der Waals surface area contributed by atoms with E-state index in [0.29, 0.717) is 25.7 Å². The molecule has 0 aromatic carbocycles. The summed E-state index contributed by atoms with van der Waals surface area (Å²) in [6.45, 7) is 5.68. The van der Waals surface area contributed by atoms with E-state index in [4.69, 9.17) is 14.6 Å². The zero-order chi connectivity index (χ0) is 16.4. The summed E-state index contributed by atoms with van der Waals surface area (Å²) in [4.78, 5) is 12.5. The van der Waals surface area contributed by atoms with E-state index in [9.17, 15) is 4.79 Å². The predicted molar refractivity (Wildman–Crippen MR) is 87.7 cm³/mol. The molecule has 7 atom stereocenters. The van der Waals surface area contributed by atoms with Crippen LogP contribution in [0.15, 0.2) is 0 Å². The normalized spacial score (nSPS) is 41.3. The minimum absolute atomic E-state index is 0.00153. The molecule has 132 valence electrons. The molecule has 0 amide bonds. The number of carbonyl (C=O) groups excluding carboxylic acids is 1. The molecule has 0 saturated heterocycles. The van der Waals surface area contributed by atoms with E-state index in [2.05, 4.69) is 13.8 Å². The summed E-state index contributed by atoms with van der Waals surface area (Å²) in [6.07, 6.45) is 6.25. The summed E-state index contributed by atoms with van der Waals surface area (Å²) in [5.74, 6) is 4.82. The largest absolute Gasteiger partial charge is 0.463 e. The van der Waals surface area contributed by atoms with Gasteiger partial charge in [0.25, 0.3) is 0 Å². The number of hydrogen-bond acceptors (Lipinski definition) is 4. The zero-order valence-corrected chi connectivity index (χ0v) is 14.6. The maximum atomic E-state index is 12.5. The van der Waals surface area contributed by atoms with Gasteiger partial charge in [-0.25, -0.2) is 0 Å². The van der Waals surface area contributed by atoms with Gasteiger partial charge in [-0.3, -0.25) is 4.79 Å². The minimum atomic E-state index is -0.00153. The minimum Gasteiger partial charge on any atom is -0.463 e. The number of carbonyl (C=O) groups is 1. The van der Waals surface area contributed by atoms with Crippen molar-refractivity contribution in [2.75, 3.05) is 26.4 Å². The van der Waals surface area contributed by atoms with Gasteiger partial charge in [0.15, 0.2) is 0 Å². The van der Waals surface area contributed by atoms with Crippen LogP contribution in [0.25, 0.3) is 0 Å². The van der Waals surface area contributed by atoms with Crippen LogP contribution in [0, 0.1) is 41.4 Å². The summed E-state index contributed by atoms with van der Waals surface area (Å²) in [5.41, 5.74) is 0. The number of rotatable bonds is 8. The molecular weight excluding hydrogens is 292 g/mol. The number of esters is 1. The van der Waals surface area contributed by atoms with Crippen LogP contribution in [0.3, 0.4) is 0 Å². The lowest BCUT2D eigenvalue weighted by Gasteiger charge is -2.34. The molecule has 0 aromatic heterocycles. The molecule has 3 aliphatic carbocycles. The summed E-state index contributed by atoms with van der Waals surface area (Å²) in [5, 5.41) is 8.66. The smallest absolute Gasteiger partial charge is 0.309 e. The average molecular weight is 324 g/mol. The number of aliphatic hydroxyl groups is 1. The van der Waals surface area contributed by atoms with Crippen molar-refractivity contribution in [3.63, 3.8) is 0 Å². The topological polar surface area (TPSA) is 55.8 Å². The molecule has 3 fully saturated rings. The summed E-state index contributed by atoms with van der Waals surface area (Å²) < 4.78 is 10.6. The molecule has 4 heteroatoms. The SMILES string of the molecule is CCC1CC(CC)C2C3CC(CC3C(=O)OCCOCCO)C12. The monoisotopic (exact) mass is 324 g/mol. The maximum absolute atomic E-state index is 12.5. The Bertz CT molecular complexity index is 410. The van der Waals surface area contributed by atoms with Gasteiger partial charge in [-0.1, -0.05) is 26.7 Å². The van der Waals surface area contributed by atoms with Gasteiger partial charge in [0.05, 0.1) is 25.7 Å². The third-order valence-electron chi connectivity index (χ3n) is 6.88. The lowest BCUT2D eigenvalue weighted by molar-refractivity contribution is -0.153. The fourth-order valence-corrected chi connectivity index (χ4v) is 6.14. The molecule has 3 aliphatic rings. The molecule has 2 bridgehead atoms. The molecule has 23 heavy (non-hydrogen) atoms. The Morgan fingerprint density at radius 1 is 1.00 bits per heavy atom. The summed E-state index contributed by atoms with van der Waals surface area (Å²) in [7, 11) is 0. The predicted octanol–water partition coefficient (Wildman–Crippen LogP) is 2.88. The third-order valence-corrected chi connectivity index (χ3v) is 6.88. The van der Waals surface area contributed by atoms with Crippen LogP contribution in [0.2, 0.25) is 0 Å². The molecule has 0 aromatic rings. The van der Waals surface area contributed by atoms with Crippen molar-refractivity contribution >= 4 is 5.97 Å². The number of fused-ring (bicyclic) bond motifs is 5. The van der Waals surface area contributed by atoms with Gasteiger partial charge in [0.2, 0.25) is 0 Å². The Hall–Kier alpha value is -0.610. The first-order valence-electron chi connectivity index (χ1n) is 9.56. The maximum Gasteiger partial charge on any atom is 0.309 e. The van der Waals surface area contributed by atoms with E-state index in [-0.39, 0.29) is 18.5 Å². The second-order valence-electron chi connectivity index (χ2n) is 7.73. The van der Waals surface area contributed by atoms with Crippen molar-refractivity contribution in [1.29, 1.82) is 0 Å². The third kappa shape index (κ3) is 3.17. The van der Waals surface area contributed by atoms with Crippen LogP contribution in [0.4, 0.5) is 0 Å². The van der Waals surface area contributed by atoms with Crippen molar-refractivity contribution in [3.8, 4) is 0 Å². The van der Waals surface area contributed by atoms with Gasteiger partial charge in [-0.2, -0.15) is 0 Å². The Labute approximate surface area is 139 Å². The van der Waals surface area contributed by atoms with E-state index in [1.54, 1.807) is 0 Å². The lowest BCUT2D eigenvalue weighted by atomic mass is 9.70. The fourth-order valence-electron chi connectivity index (χ4n) is 6.14. The molecule has 1 N–H and O–H groups in total. The van der Waals surface area contributed by atoms with Crippen molar-refractivity contribution < 1.29 is 19.4 Å². The molecule has 0 aliphatic heterocycles. The molecule has 0 radical (unpaired) electrons. The molecular formula is C19H32O4.